The maximum Gasteiger partial charge on any atom is 0.269 e. The minimum atomic E-state index is -0.365. The van der Waals surface area contributed by atoms with Gasteiger partial charge < -0.3 is 9.32 Å². The number of non-ortho nitro benzene ring substituents is 1. The molecule has 0 saturated carbocycles. The van der Waals surface area contributed by atoms with Crippen molar-refractivity contribution in [1.82, 2.24) is 0 Å². The zero-order chi connectivity index (χ0) is 11.8. The lowest BCUT2D eigenvalue weighted by molar-refractivity contribution is -0.384. The van der Waals surface area contributed by atoms with Crippen LogP contribution in [0.25, 0.3) is 0 Å². The molecule has 5 heteroatoms. The zero-order valence-corrected chi connectivity index (χ0v) is 9.00. The van der Waals surface area contributed by atoms with E-state index in [1.165, 1.54) is 6.07 Å². The molecule has 0 fully saturated rings. The smallest absolute Gasteiger partial charge is 0.269 e. The van der Waals surface area contributed by atoms with E-state index in [4.69, 9.17) is 4.42 Å². The third-order valence-electron chi connectivity index (χ3n) is 2.94. The number of hydrogen-bond donors (Lipinski definition) is 0. The number of furan rings is 1. The first-order valence-electron chi connectivity index (χ1n) is 5.34. The molecule has 17 heavy (non-hydrogen) atoms. The van der Waals surface area contributed by atoms with Crippen LogP contribution in [0.1, 0.15) is 5.56 Å². The fourth-order valence-electron chi connectivity index (χ4n) is 2.15. The van der Waals surface area contributed by atoms with Gasteiger partial charge in [0.05, 0.1) is 11.2 Å². The highest BCUT2D eigenvalue weighted by molar-refractivity contribution is 5.68. The van der Waals surface area contributed by atoms with Gasteiger partial charge in [-0.3, -0.25) is 10.1 Å². The Balaban J connectivity index is 2.01. The summed E-state index contributed by atoms with van der Waals surface area (Å²) in [6.07, 6.45) is 2.43. The number of benzene rings is 1. The third-order valence-corrected chi connectivity index (χ3v) is 2.94. The first-order valence-corrected chi connectivity index (χ1v) is 5.34. The summed E-state index contributed by atoms with van der Waals surface area (Å²) >= 11 is 0. The van der Waals surface area contributed by atoms with Crippen LogP contribution in [0.2, 0.25) is 0 Å². The van der Waals surface area contributed by atoms with E-state index in [1.54, 1.807) is 18.4 Å². The highest BCUT2D eigenvalue weighted by atomic mass is 16.6. The Hall–Kier alpha value is -2.30. The quantitative estimate of drug-likeness (QED) is 0.588. The van der Waals surface area contributed by atoms with Crippen molar-refractivity contribution in [3.8, 4) is 0 Å². The SMILES string of the molecule is O=[N+]([O-])c1ccc2c(c1)CCN2c1ccco1. The molecule has 1 aliphatic heterocycles. The predicted octanol–water partition coefficient (Wildman–Crippen LogP) is 2.88. The van der Waals surface area contributed by atoms with Crippen molar-refractivity contribution in [3.63, 3.8) is 0 Å². The molecule has 1 aliphatic rings. The van der Waals surface area contributed by atoms with Crippen LogP contribution in [0.3, 0.4) is 0 Å². The minimum Gasteiger partial charge on any atom is -0.448 e. The molecule has 0 spiro atoms. The molecule has 1 aromatic carbocycles. The van der Waals surface area contributed by atoms with Crippen LogP contribution in [-0.4, -0.2) is 11.5 Å². The third kappa shape index (κ3) is 1.56. The average Bonchev–Trinajstić information content (AvgIpc) is 2.96. The second kappa shape index (κ2) is 3.62. The lowest BCUT2D eigenvalue weighted by Gasteiger charge is -2.15. The van der Waals surface area contributed by atoms with Gasteiger partial charge in [-0.1, -0.05) is 0 Å². The fraction of sp³-hybridized carbons (Fsp3) is 0.167. The normalized spacial score (nSPS) is 13.8. The second-order valence-electron chi connectivity index (χ2n) is 3.92. The predicted molar refractivity (Wildman–Crippen MR) is 62.5 cm³/mol. The first kappa shape index (κ1) is 9.89. The van der Waals surface area contributed by atoms with E-state index in [-0.39, 0.29) is 10.6 Å². The van der Waals surface area contributed by atoms with Gasteiger partial charge >= 0.3 is 0 Å². The molecular formula is C12H10N2O3. The van der Waals surface area contributed by atoms with Gasteiger partial charge in [0, 0.05) is 30.4 Å². The highest BCUT2D eigenvalue weighted by Gasteiger charge is 2.24. The summed E-state index contributed by atoms with van der Waals surface area (Å²) < 4.78 is 5.34. The second-order valence-corrected chi connectivity index (χ2v) is 3.92. The zero-order valence-electron chi connectivity index (χ0n) is 9.00. The number of rotatable bonds is 2. The Kier molecular flexibility index (Phi) is 2.11. The van der Waals surface area contributed by atoms with Crippen LogP contribution in [0.5, 0.6) is 0 Å². The van der Waals surface area contributed by atoms with Crippen LogP contribution in [-0.2, 0) is 6.42 Å². The molecule has 0 atom stereocenters. The number of nitro groups is 1. The highest BCUT2D eigenvalue weighted by Crippen LogP contribution is 2.36. The molecule has 0 bridgehead atoms. The number of fused-ring (bicyclic) bond motifs is 1. The fourth-order valence-corrected chi connectivity index (χ4v) is 2.15. The minimum absolute atomic E-state index is 0.144. The van der Waals surface area contributed by atoms with Gasteiger partial charge in [-0.15, -0.1) is 0 Å². The maximum atomic E-state index is 10.7. The molecular weight excluding hydrogens is 220 g/mol. The Labute approximate surface area is 97.4 Å². The summed E-state index contributed by atoms with van der Waals surface area (Å²) in [4.78, 5) is 12.3. The Bertz CT molecular complexity index is 563. The summed E-state index contributed by atoms with van der Waals surface area (Å²) in [5.74, 6) is 0.776. The van der Waals surface area contributed by atoms with E-state index in [1.807, 2.05) is 17.0 Å². The van der Waals surface area contributed by atoms with Crippen molar-refractivity contribution >= 4 is 17.3 Å². The molecule has 0 radical (unpaired) electrons. The Morgan fingerprint density at radius 1 is 1.35 bits per heavy atom. The van der Waals surface area contributed by atoms with Crippen molar-refractivity contribution < 1.29 is 9.34 Å². The lowest BCUT2D eigenvalue weighted by Crippen LogP contribution is -2.11. The summed E-state index contributed by atoms with van der Waals surface area (Å²) in [7, 11) is 0. The van der Waals surface area contributed by atoms with Crippen molar-refractivity contribution in [2.45, 2.75) is 6.42 Å². The van der Waals surface area contributed by atoms with E-state index in [0.717, 1.165) is 30.1 Å². The van der Waals surface area contributed by atoms with Crippen LogP contribution in [0.4, 0.5) is 17.3 Å². The molecule has 1 aromatic heterocycles. The number of nitrogens with zero attached hydrogens (tertiary/aromatic N) is 2. The average molecular weight is 230 g/mol. The summed E-state index contributed by atoms with van der Waals surface area (Å²) in [5.41, 5.74) is 2.13. The van der Waals surface area contributed by atoms with Gasteiger partial charge in [-0.25, -0.2) is 0 Å². The Morgan fingerprint density at radius 3 is 2.94 bits per heavy atom. The number of nitro benzene ring substituents is 1. The van der Waals surface area contributed by atoms with Crippen LogP contribution in [0, 0.1) is 10.1 Å². The van der Waals surface area contributed by atoms with E-state index in [0.29, 0.717) is 0 Å². The summed E-state index contributed by atoms with van der Waals surface area (Å²) in [5, 5.41) is 10.7. The number of anilines is 2. The van der Waals surface area contributed by atoms with E-state index in [2.05, 4.69) is 0 Å². The molecule has 2 heterocycles. The summed E-state index contributed by atoms with van der Waals surface area (Å²) in [6.45, 7) is 0.796. The molecule has 0 N–H and O–H groups in total. The van der Waals surface area contributed by atoms with Gasteiger partial charge in [0.15, 0.2) is 5.88 Å². The molecule has 0 unspecified atom stereocenters. The lowest BCUT2D eigenvalue weighted by atomic mass is 10.1. The molecule has 0 aliphatic carbocycles. The van der Waals surface area contributed by atoms with Gasteiger partial charge in [-0.05, 0) is 24.1 Å². The molecule has 2 aromatic rings. The largest absolute Gasteiger partial charge is 0.448 e. The van der Waals surface area contributed by atoms with Crippen molar-refractivity contribution in [2.24, 2.45) is 0 Å². The standard InChI is InChI=1S/C12H10N2O3/c15-14(16)10-3-4-11-9(8-10)5-6-13(11)12-2-1-7-17-12/h1-4,7-8H,5-6H2. The Morgan fingerprint density at radius 2 is 2.24 bits per heavy atom. The van der Waals surface area contributed by atoms with Gasteiger partial charge in [-0.2, -0.15) is 0 Å². The molecule has 86 valence electrons. The topological polar surface area (TPSA) is 59.5 Å². The van der Waals surface area contributed by atoms with Crippen LogP contribution < -0.4 is 4.90 Å². The van der Waals surface area contributed by atoms with Crippen molar-refractivity contribution in [3.05, 3.63) is 52.3 Å². The molecule has 0 amide bonds. The van der Waals surface area contributed by atoms with E-state index >= 15 is 0 Å². The maximum absolute atomic E-state index is 10.7. The van der Waals surface area contributed by atoms with Crippen molar-refractivity contribution in [1.29, 1.82) is 0 Å². The molecule has 3 rings (SSSR count). The number of hydrogen-bond acceptors (Lipinski definition) is 4. The molecule has 0 saturated heterocycles. The van der Waals surface area contributed by atoms with E-state index in [9.17, 15) is 10.1 Å². The van der Waals surface area contributed by atoms with Gasteiger partial charge in [0.25, 0.3) is 5.69 Å². The monoisotopic (exact) mass is 230 g/mol. The van der Waals surface area contributed by atoms with E-state index < -0.39 is 0 Å². The van der Waals surface area contributed by atoms with Crippen LogP contribution in [0.15, 0.2) is 41.0 Å². The molecule has 5 nitrogen and oxygen atoms in total. The van der Waals surface area contributed by atoms with Gasteiger partial charge in [0.1, 0.15) is 0 Å². The van der Waals surface area contributed by atoms with Gasteiger partial charge in [0.2, 0.25) is 0 Å². The van der Waals surface area contributed by atoms with Crippen molar-refractivity contribution in [2.75, 3.05) is 11.4 Å². The van der Waals surface area contributed by atoms with Crippen LogP contribution >= 0.6 is 0 Å². The summed E-state index contributed by atoms with van der Waals surface area (Å²) in [6, 6.07) is 8.66. The first-order chi connectivity index (χ1) is 8.25.